The third-order valence-electron chi connectivity index (χ3n) is 1.32. The number of carbonyl (C=O) groups excluding carboxylic acids is 2. The summed E-state index contributed by atoms with van der Waals surface area (Å²) in [4.78, 5) is 20.4. The Morgan fingerprint density at radius 2 is 1.89 bits per heavy atom. The molecular weight excluding hydrogens is 240 g/mol. The highest BCUT2D eigenvalue weighted by Gasteiger charge is 2.12. The van der Waals surface area contributed by atoms with E-state index in [9.17, 15) is 9.59 Å². The molecule has 0 aliphatic heterocycles. The third kappa shape index (κ3) is 20.1. The van der Waals surface area contributed by atoms with Gasteiger partial charge in [-0.1, -0.05) is 0 Å². The van der Waals surface area contributed by atoms with Crippen molar-refractivity contribution in [2.75, 3.05) is 26.4 Å². The van der Waals surface area contributed by atoms with Gasteiger partial charge in [0.05, 0.1) is 6.61 Å². The molecule has 4 N–H and O–H groups in total. The van der Waals surface area contributed by atoms with Crippen LogP contribution >= 0.6 is 0 Å². The van der Waals surface area contributed by atoms with Gasteiger partial charge in [-0.2, -0.15) is 0 Å². The van der Waals surface area contributed by atoms with Crippen LogP contribution in [0.3, 0.4) is 0 Å². The summed E-state index contributed by atoms with van der Waals surface area (Å²) in [5.74, 6) is -0.361. The number of primary amides is 1. The molecule has 0 heterocycles. The van der Waals surface area contributed by atoms with E-state index in [1.54, 1.807) is 20.8 Å². The smallest absolute Gasteiger partial charge is 0.405 e. The number of nitrogens with two attached hydrogens (primary N) is 1. The number of hydrogen-bond donors (Lipinski definition) is 3. The van der Waals surface area contributed by atoms with Crippen LogP contribution in [0.15, 0.2) is 0 Å². The Balaban J connectivity index is 0. The molecule has 0 aromatic carbocycles. The molecule has 0 aliphatic rings. The van der Waals surface area contributed by atoms with E-state index in [2.05, 4.69) is 10.1 Å². The normalized spacial score (nSPS) is 10.1. The van der Waals surface area contributed by atoms with E-state index in [1.807, 2.05) is 6.92 Å². The molecule has 0 saturated heterocycles. The Bertz CT molecular complexity index is 238. The van der Waals surface area contributed by atoms with Crippen LogP contribution in [0.5, 0.6) is 0 Å². The number of aliphatic hydroxyl groups excluding tert-OH is 1. The van der Waals surface area contributed by atoms with Gasteiger partial charge in [-0.15, -0.1) is 0 Å². The SMILES string of the molecule is CC(C)(C)OC(N)=O.CCOCCNC(=O)CO. The molecule has 7 heteroatoms. The molecule has 0 spiro atoms. The monoisotopic (exact) mass is 264 g/mol. The molecule has 0 radical (unpaired) electrons. The van der Waals surface area contributed by atoms with E-state index in [-0.39, 0.29) is 5.91 Å². The lowest BCUT2D eigenvalue weighted by atomic mass is 10.2. The molecule has 18 heavy (non-hydrogen) atoms. The summed E-state index contributed by atoms with van der Waals surface area (Å²) in [6.45, 7) is 8.33. The van der Waals surface area contributed by atoms with Gasteiger partial charge in [0.25, 0.3) is 0 Å². The fourth-order valence-electron chi connectivity index (χ4n) is 0.765. The highest BCUT2D eigenvalue weighted by Crippen LogP contribution is 2.04. The number of rotatable bonds is 5. The van der Waals surface area contributed by atoms with Crippen molar-refractivity contribution in [3.05, 3.63) is 0 Å². The van der Waals surface area contributed by atoms with Gasteiger partial charge in [0.2, 0.25) is 5.91 Å². The molecule has 0 atom stereocenters. The van der Waals surface area contributed by atoms with Crippen LogP contribution in [0.2, 0.25) is 0 Å². The van der Waals surface area contributed by atoms with Crippen molar-refractivity contribution < 1.29 is 24.2 Å². The van der Waals surface area contributed by atoms with Crippen molar-refractivity contribution in [3.63, 3.8) is 0 Å². The van der Waals surface area contributed by atoms with Gasteiger partial charge >= 0.3 is 6.09 Å². The van der Waals surface area contributed by atoms with E-state index >= 15 is 0 Å². The van der Waals surface area contributed by atoms with Gasteiger partial charge in [-0.25, -0.2) is 4.79 Å². The van der Waals surface area contributed by atoms with Gasteiger partial charge in [0.15, 0.2) is 0 Å². The summed E-state index contributed by atoms with van der Waals surface area (Å²) in [7, 11) is 0. The first-order valence-corrected chi connectivity index (χ1v) is 5.66. The molecule has 0 unspecified atom stereocenters. The summed E-state index contributed by atoms with van der Waals surface area (Å²) in [5, 5.41) is 10.7. The first kappa shape index (κ1) is 19.0. The van der Waals surface area contributed by atoms with Gasteiger partial charge in [0.1, 0.15) is 12.2 Å². The van der Waals surface area contributed by atoms with Gasteiger partial charge < -0.3 is 25.6 Å². The van der Waals surface area contributed by atoms with Crippen molar-refractivity contribution >= 4 is 12.0 Å². The number of aliphatic hydroxyl groups is 1. The van der Waals surface area contributed by atoms with Crippen LogP contribution in [0.4, 0.5) is 4.79 Å². The number of nitrogens with one attached hydrogen (secondary N) is 1. The fourth-order valence-corrected chi connectivity index (χ4v) is 0.765. The average molecular weight is 264 g/mol. The quantitative estimate of drug-likeness (QED) is 0.606. The summed E-state index contributed by atoms with van der Waals surface area (Å²) in [6.07, 6.45) is -0.725. The van der Waals surface area contributed by atoms with E-state index < -0.39 is 18.3 Å². The first-order chi connectivity index (χ1) is 8.22. The summed E-state index contributed by atoms with van der Waals surface area (Å²) in [6, 6.07) is 0. The van der Waals surface area contributed by atoms with E-state index in [0.717, 1.165) is 0 Å². The second-order valence-electron chi connectivity index (χ2n) is 4.24. The zero-order valence-corrected chi connectivity index (χ0v) is 11.5. The zero-order chi connectivity index (χ0) is 14.6. The molecule has 0 aromatic rings. The maximum Gasteiger partial charge on any atom is 0.405 e. The zero-order valence-electron chi connectivity index (χ0n) is 11.5. The minimum atomic E-state index is -0.725. The molecular formula is C11H24N2O5. The van der Waals surface area contributed by atoms with Crippen molar-refractivity contribution in [1.82, 2.24) is 5.32 Å². The van der Waals surface area contributed by atoms with Crippen molar-refractivity contribution in [1.29, 1.82) is 0 Å². The van der Waals surface area contributed by atoms with Crippen molar-refractivity contribution in [3.8, 4) is 0 Å². The minimum absolute atomic E-state index is 0.361. The van der Waals surface area contributed by atoms with Crippen LogP contribution in [0.25, 0.3) is 0 Å². The molecule has 0 rings (SSSR count). The van der Waals surface area contributed by atoms with Crippen LogP contribution in [-0.2, 0) is 14.3 Å². The van der Waals surface area contributed by atoms with Gasteiger partial charge in [-0.3, -0.25) is 4.79 Å². The molecule has 0 fully saturated rings. The topological polar surface area (TPSA) is 111 Å². The maximum absolute atomic E-state index is 10.4. The van der Waals surface area contributed by atoms with Crippen LogP contribution in [0, 0.1) is 0 Å². The fraction of sp³-hybridized carbons (Fsp3) is 0.818. The predicted molar refractivity (Wildman–Crippen MR) is 67.0 cm³/mol. The van der Waals surface area contributed by atoms with E-state index in [1.165, 1.54) is 0 Å². The van der Waals surface area contributed by atoms with Crippen LogP contribution < -0.4 is 11.1 Å². The molecule has 0 aromatic heterocycles. The molecule has 0 aliphatic carbocycles. The molecule has 2 amide bonds. The highest BCUT2D eigenvalue weighted by molar-refractivity contribution is 5.76. The minimum Gasteiger partial charge on any atom is -0.444 e. The highest BCUT2D eigenvalue weighted by atomic mass is 16.6. The Morgan fingerprint density at radius 1 is 1.33 bits per heavy atom. The summed E-state index contributed by atoms with van der Waals surface area (Å²) < 4.78 is 9.51. The summed E-state index contributed by atoms with van der Waals surface area (Å²) >= 11 is 0. The number of carbonyl (C=O) groups is 2. The number of amides is 2. The average Bonchev–Trinajstić information content (AvgIpc) is 2.21. The molecule has 0 saturated carbocycles. The number of hydrogen-bond acceptors (Lipinski definition) is 5. The number of ether oxygens (including phenoxy) is 2. The van der Waals surface area contributed by atoms with Gasteiger partial charge in [-0.05, 0) is 27.7 Å². The summed E-state index contributed by atoms with van der Waals surface area (Å²) in [5.41, 5.74) is 4.26. The van der Waals surface area contributed by atoms with Crippen LogP contribution in [-0.4, -0.2) is 49.1 Å². The standard InChI is InChI=1S/C6H13NO3.C5H11NO2/c1-2-10-4-3-7-6(9)5-8;1-5(2,3)8-4(6)7/h8H,2-5H2,1H3,(H,7,9);1-3H3,(H2,6,7). The maximum atomic E-state index is 10.4. The predicted octanol–water partition coefficient (Wildman–Crippen LogP) is 0.0116. The first-order valence-electron chi connectivity index (χ1n) is 5.66. The van der Waals surface area contributed by atoms with Crippen molar-refractivity contribution in [2.45, 2.75) is 33.3 Å². The lowest BCUT2D eigenvalue weighted by Gasteiger charge is -2.16. The second-order valence-corrected chi connectivity index (χ2v) is 4.24. The van der Waals surface area contributed by atoms with Crippen molar-refractivity contribution in [2.24, 2.45) is 5.73 Å². The lowest BCUT2D eigenvalue weighted by Crippen LogP contribution is -2.29. The van der Waals surface area contributed by atoms with E-state index in [4.69, 9.17) is 15.6 Å². The molecule has 0 bridgehead atoms. The van der Waals surface area contributed by atoms with Crippen LogP contribution in [0.1, 0.15) is 27.7 Å². The molecule has 7 nitrogen and oxygen atoms in total. The lowest BCUT2D eigenvalue weighted by molar-refractivity contribution is -0.124. The van der Waals surface area contributed by atoms with Gasteiger partial charge in [0, 0.05) is 13.2 Å². The largest absolute Gasteiger partial charge is 0.444 e. The Morgan fingerprint density at radius 3 is 2.17 bits per heavy atom. The molecule has 108 valence electrons. The Kier molecular flexibility index (Phi) is 11.4. The van der Waals surface area contributed by atoms with E-state index in [0.29, 0.717) is 19.8 Å². The second kappa shape index (κ2) is 10.8. The Labute approximate surface area is 108 Å². The third-order valence-corrected chi connectivity index (χ3v) is 1.32. The Hall–Kier alpha value is -1.34.